The second kappa shape index (κ2) is 7.16. The van der Waals surface area contributed by atoms with Gasteiger partial charge >= 0.3 is 0 Å². The summed E-state index contributed by atoms with van der Waals surface area (Å²) in [6.07, 6.45) is 4.72. The number of aromatic amines is 1. The van der Waals surface area contributed by atoms with E-state index < -0.39 is 15.8 Å². The maximum atomic E-state index is 13.7. The van der Waals surface area contributed by atoms with Crippen molar-refractivity contribution in [3.05, 3.63) is 48.5 Å². The molecule has 1 aliphatic rings. The lowest BCUT2D eigenvalue weighted by atomic mass is 10.2. The third kappa shape index (κ3) is 3.74. The van der Waals surface area contributed by atoms with Crippen molar-refractivity contribution in [1.82, 2.24) is 9.97 Å². The average Bonchev–Trinajstić information content (AvgIpc) is 3.30. The van der Waals surface area contributed by atoms with Crippen molar-refractivity contribution in [1.29, 1.82) is 0 Å². The van der Waals surface area contributed by atoms with Crippen LogP contribution in [0, 0.1) is 5.82 Å². The van der Waals surface area contributed by atoms with Gasteiger partial charge in [0.05, 0.1) is 11.8 Å². The number of fused-ring (bicyclic) bond motifs is 1. The minimum absolute atomic E-state index is 0.0277. The molecule has 1 atom stereocenters. The Balaban J connectivity index is 1.61. The molecule has 3 heterocycles. The molecule has 0 aliphatic carbocycles. The predicted octanol–water partition coefficient (Wildman–Crippen LogP) is 3.06. The predicted molar refractivity (Wildman–Crippen MR) is 97.8 cm³/mol. The fourth-order valence-corrected chi connectivity index (χ4v) is 4.25. The number of pyridine rings is 1. The summed E-state index contributed by atoms with van der Waals surface area (Å²) in [7, 11) is -3.97. The van der Waals surface area contributed by atoms with E-state index in [1.54, 1.807) is 18.3 Å². The van der Waals surface area contributed by atoms with Gasteiger partial charge in [-0.15, -0.1) is 0 Å². The number of benzene rings is 1. The van der Waals surface area contributed by atoms with Gasteiger partial charge in [0.25, 0.3) is 10.0 Å². The van der Waals surface area contributed by atoms with Gasteiger partial charge in [-0.2, -0.15) is 0 Å². The van der Waals surface area contributed by atoms with Crippen molar-refractivity contribution in [2.75, 3.05) is 17.9 Å². The van der Waals surface area contributed by atoms with Crippen LogP contribution < -0.4 is 9.46 Å². The van der Waals surface area contributed by atoms with Gasteiger partial charge in [-0.1, -0.05) is 0 Å². The Bertz CT molecular complexity index is 1060. The van der Waals surface area contributed by atoms with E-state index in [2.05, 4.69) is 14.7 Å². The van der Waals surface area contributed by atoms with Gasteiger partial charge in [-0.3, -0.25) is 4.72 Å². The van der Waals surface area contributed by atoms with Crippen molar-refractivity contribution in [3.8, 4) is 5.75 Å². The number of halogens is 1. The molecule has 7 nitrogen and oxygen atoms in total. The van der Waals surface area contributed by atoms with Gasteiger partial charge in [0.15, 0.2) is 0 Å². The molecule has 0 saturated carbocycles. The highest BCUT2D eigenvalue weighted by atomic mass is 32.2. The van der Waals surface area contributed by atoms with E-state index in [0.29, 0.717) is 17.6 Å². The van der Waals surface area contributed by atoms with Crippen LogP contribution in [0.3, 0.4) is 0 Å². The number of sulfonamides is 1. The molecule has 4 rings (SSSR count). The zero-order valence-electron chi connectivity index (χ0n) is 14.3. The van der Waals surface area contributed by atoms with E-state index in [1.807, 2.05) is 0 Å². The molecule has 0 bridgehead atoms. The van der Waals surface area contributed by atoms with Crippen LogP contribution >= 0.6 is 0 Å². The number of nitrogens with zero attached hydrogens (tertiary/aromatic N) is 1. The Morgan fingerprint density at radius 2 is 2.26 bits per heavy atom. The Morgan fingerprint density at radius 1 is 1.37 bits per heavy atom. The monoisotopic (exact) mass is 391 g/mol. The fraction of sp³-hybridized carbons (Fsp3) is 0.278. The summed E-state index contributed by atoms with van der Waals surface area (Å²) in [6, 6.07) is 7.01. The largest absolute Gasteiger partial charge is 0.489 e. The van der Waals surface area contributed by atoms with E-state index in [0.717, 1.165) is 18.9 Å². The number of rotatable bonds is 6. The Hall–Kier alpha value is -2.65. The van der Waals surface area contributed by atoms with Crippen LogP contribution in [-0.4, -0.2) is 37.7 Å². The summed E-state index contributed by atoms with van der Waals surface area (Å²) in [6.45, 7) is 0.961. The molecule has 0 unspecified atom stereocenters. The van der Waals surface area contributed by atoms with E-state index in [1.165, 1.54) is 18.3 Å². The first-order chi connectivity index (χ1) is 13.0. The van der Waals surface area contributed by atoms with Crippen LogP contribution in [0.25, 0.3) is 11.0 Å². The van der Waals surface area contributed by atoms with Crippen molar-refractivity contribution in [2.24, 2.45) is 0 Å². The lowest BCUT2D eigenvalue weighted by Gasteiger charge is -2.16. The number of hydrogen-bond acceptors (Lipinski definition) is 5. The SMILES string of the molecule is O=S(=O)(Nc1cc(F)ccc1OC[C@@H]1CCCO1)c1c[nH]c2ncccc12. The zero-order chi connectivity index (χ0) is 18.9. The summed E-state index contributed by atoms with van der Waals surface area (Å²) < 4.78 is 53.0. The second-order valence-corrected chi connectivity index (χ2v) is 7.90. The first kappa shape index (κ1) is 17.7. The molecule has 2 aromatic heterocycles. The Labute approximate surface area is 155 Å². The minimum atomic E-state index is -3.97. The molecular weight excluding hydrogens is 373 g/mol. The quantitative estimate of drug-likeness (QED) is 0.674. The van der Waals surface area contributed by atoms with E-state index in [-0.39, 0.29) is 29.0 Å². The summed E-state index contributed by atoms with van der Waals surface area (Å²) >= 11 is 0. The van der Waals surface area contributed by atoms with Crippen LogP contribution in [0.4, 0.5) is 10.1 Å². The molecule has 27 heavy (non-hydrogen) atoms. The van der Waals surface area contributed by atoms with Crippen molar-refractivity contribution < 1.29 is 22.3 Å². The van der Waals surface area contributed by atoms with Crippen LogP contribution in [0.1, 0.15) is 12.8 Å². The highest BCUT2D eigenvalue weighted by molar-refractivity contribution is 7.93. The van der Waals surface area contributed by atoms with E-state index in [4.69, 9.17) is 9.47 Å². The molecule has 2 N–H and O–H groups in total. The molecular formula is C18H18FN3O4S. The molecule has 9 heteroatoms. The molecule has 0 radical (unpaired) electrons. The highest BCUT2D eigenvalue weighted by Gasteiger charge is 2.22. The zero-order valence-corrected chi connectivity index (χ0v) is 15.1. The van der Waals surface area contributed by atoms with Crippen LogP contribution in [-0.2, 0) is 14.8 Å². The van der Waals surface area contributed by atoms with Crippen molar-refractivity contribution in [3.63, 3.8) is 0 Å². The van der Waals surface area contributed by atoms with Gasteiger partial charge in [-0.25, -0.2) is 17.8 Å². The van der Waals surface area contributed by atoms with E-state index >= 15 is 0 Å². The Kier molecular flexibility index (Phi) is 4.71. The maximum Gasteiger partial charge on any atom is 0.264 e. The summed E-state index contributed by atoms with van der Waals surface area (Å²) in [5.41, 5.74) is 0.484. The van der Waals surface area contributed by atoms with Gasteiger partial charge in [0.1, 0.15) is 28.7 Å². The normalized spacial score (nSPS) is 17.3. The molecule has 0 spiro atoms. The number of nitrogens with one attached hydrogen (secondary N) is 2. The molecule has 142 valence electrons. The summed E-state index contributed by atoms with van der Waals surface area (Å²) in [5, 5.41) is 0.447. The van der Waals surface area contributed by atoms with Crippen LogP contribution in [0.2, 0.25) is 0 Å². The Morgan fingerprint density at radius 3 is 3.07 bits per heavy atom. The van der Waals surface area contributed by atoms with Crippen molar-refractivity contribution >= 4 is 26.7 Å². The summed E-state index contributed by atoms with van der Waals surface area (Å²) in [5.74, 6) is -0.328. The number of H-pyrrole nitrogens is 1. The molecule has 3 aromatic rings. The summed E-state index contributed by atoms with van der Waals surface area (Å²) in [4.78, 5) is 6.93. The third-order valence-electron chi connectivity index (χ3n) is 4.34. The van der Waals surface area contributed by atoms with Gasteiger partial charge in [0, 0.05) is 30.5 Å². The third-order valence-corrected chi connectivity index (χ3v) is 5.74. The van der Waals surface area contributed by atoms with Gasteiger partial charge in [-0.05, 0) is 37.1 Å². The van der Waals surface area contributed by atoms with Crippen LogP contribution in [0.15, 0.2) is 47.6 Å². The highest BCUT2D eigenvalue weighted by Crippen LogP contribution is 2.30. The standard InChI is InChI=1S/C18H18FN3O4S/c19-12-5-6-16(26-11-13-3-2-8-25-13)15(9-12)22-27(23,24)17-10-21-18-14(17)4-1-7-20-18/h1,4-7,9-10,13,22H,2-3,8,11H2,(H,20,21)/t13-/m0/s1. The first-order valence-electron chi connectivity index (χ1n) is 8.52. The van der Waals surface area contributed by atoms with E-state index in [9.17, 15) is 12.8 Å². The number of aromatic nitrogens is 2. The van der Waals surface area contributed by atoms with Gasteiger partial charge < -0.3 is 14.5 Å². The number of hydrogen-bond donors (Lipinski definition) is 2. The number of ether oxygens (including phenoxy) is 2. The minimum Gasteiger partial charge on any atom is -0.489 e. The molecule has 0 amide bonds. The first-order valence-corrected chi connectivity index (χ1v) is 10.00. The maximum absolute atomic E-state index is 13.7. The second-order valence-electron chi connectivity index (χ2n) is 6.24. The topological polar surface area (TPSA) is 93.3 Å². The smallest absolute Gasteiger partial charge is 0.264 e. The molecule has 1 aliphatic heterocycles. The van der Waals surface area contributed by atoms with Crippen LogP contribution in [0.5, 0.6) is 5.75 Å². The lowest BCUT2D eigenvalue weighted by Crippen LogP contribution is -2.18. The fourth-order valence-electron chi connectivity index (χ4n) is 3.02. The molecule has 1 fully saturated rings. The van der Waals surface area contributed by atoms with Crippen molar-refractivity contribution in [2.45, 2.75) is 23.8 Å². The lowest BCUT2D eigenvalue weighted by molar-refractivity contribution is 0.0682. The molecule has 1 saturated heterocycles. The molecule has 1 aromatic carbocycles. The van der Waals surface area contributed by atoms with Gasteiger partial charge in [0.2, 0.25) is 0 Å². The average molecular weight is 391 g/mol. The number of anilines is 1.